The molecular formula is C28H30F6N2O3. The number of ether oxygens (including phenoxy) is 1. The number of anilines is 1. The van der Waals surface area contributed by atoms with Crippen molar-refractivity contribution in [3.63, 3.8) is 0 Å². The molecule has 0 saturated carbocycles. The summed E-state index contributed by atoms with van der Waals surface area (Å²) in [7, 11) is 0. The Hall–Kier alpha value is -3.50. The van der Waals surface area contributed by atoms with E-state index in [-0.39, 0.29) is 18.2 Å². The summed E-state index contributed by atoms with van der Waals surface area (Å²) in [6, 6.07) is 4.06. The maximum absolute atomic E-state index is 13.5. The molecule has 1 heterocycles. The van der Waals surface area contributed by atoms with E-state index < -0.39 is 54.2 Å². The largest absolute Gasteiger partial charge is 0.446 e. The second-order valence-electron chi connectivity index (χ2n) is 9.77. The molecule has 1 atom stereocenters. The van der Waals surface area contributed by atoms with Crippen molar-refractivity contribution in [2.45, 2.75) is 71.6 Å². The van der Waals surface area contributed by atoms with Gasteiger partial charge in [0.05, 0.1) is 29.0 Å². The van der Waals surface area contributed by atoms with Crippen LogP contribution in [0.5, 0.6) is 0 Å². The topological polar surface area (TPSA) is 49.9 Å². The second-order valence-corrected chi connectivity index (χ2v) is 9.77. The van der Waals surface area contributed by atoms with Crippen LogP contribution < -0.4 is 4.90 Å². The van der Waals surface area contributed by atoms with Crippen LogP contribution >= 0.6 is 0 Å². The fourth-order valence-electron chi connectivity index (χ4n) is 4.69. The average molecular weight is 557 g/mol. The summed E-state index contributed by atoms with van der Waals surface area (Å²) in [6.07, 6.45) is -8.72. The quantitative estimate of drug-likeness (QED) is 0.352. The summed E-state index contributed by atoms with van der Waals surface area (Å²) in [5.74, 6) is -0.546. The molecule has 0 aliphatic carbocycles. The molecule has 0 bridgehead atoms. The Morgan fingerprint density at radius 3 is 2.15 bits per heavy atom. The highest BCUT2D eigenvalue weighted by atomic mass is 19.4. The lowest BCUT2D eigenvalue weighted by atomic mass is 9.94. The highest BCUT2D eigenvalue weighted by Gasteiger charge is 2.38. The average Bonchev–Trinajstić information content (AvgIpc) is 2.99. The Labute approximate surface area is 223 Å². The van der Waals surface area contributed by atoms with Gasteiger partial charge in [0.1, 0.15) is 0 Å². The van der Waals surface area contributed by atoms with Gasteiger partial charge in [-0.15, -0.1) is 0 Å². The van der Waals surface area contributed by atoms with Crippen LogP contribution in [-0.2, 0) is 28.4 Å². The van der Waals surface area contributed by atoms with Gasteiger partial charge in [0.25, 0.3) is 0 Å². The number of fused-ring (bicyclic) bond motifs is 1. The van der Waals surface area contributed by atoms with Gasteiger partial charge in [0, 0.05) is 20.0 Å². The first kappa shape index (κ1) is 30.0. The van der Waals surface area contributed by atoms with E-state index in [2.05, 4.69) is 6.58 Å². The molecule has 0 spiro atoms. The second kappa shape index (κ2) is 11.3. The van der Waals surface area contributed by atoms with E-state index in [1.807, 2.05) is 6.92 Å². The number of rotatable bonds is 5. The molecule has 11 heteroatoms. The number of hydrogen-bond donors (Lipinski definition) is 0. The first-order valence-electron chi connectivity index (χ1n) is 12.3. The van der Waals surface area contributed by atoms with Crippen LogP contribution in [0.3, 0.4) is 0 Å². The summed E-state index contributed by atoms with van der Waals surface area (Å²) in [5.41, 5.74) is -0.753. The minimum Gasteiger partial charge on any atom is -0.446 e. The monoisotopic (exact) mass is 556 g/mol. The molecule has 212 valence electrons. The number of nitrogens with zero attached hydrogens (tertiary/aromatic N) is 2. The zero-order valence-corrected chi connectivity index (χ0v) is 22.0. The van der Waals surface area contributed by atoms with Gasteiger partial charge in [-0.2, -0.15) is 26.3 Å². The molecule has 3 rings (SSSR count). The molecule has 39 heavy (non-hydrogen) atoms. The molecule has 1 aliphatic rings. The summed E-state index contributed by atoms with van der Waals surface area (Å²) in [4.78, 5) is 28.5. The lowest BCUT2D eigenvalue weighted by Crippen LogP contribution is -2.35. The molecule has 0 saturated heterocycles. The van der Waals surface area contributed by atoms with Crippen molar-refractivity contribution in [1.29, 1.82) is 0 Å². The van der Waals surface area contributed by atoms with Gasteiger partial charge >= 0.3 is 18.4 Å². The standard InChI is InChI=1S/C28H30F6N2O3/c1-6-20-13-23-24(8-7-9-35(25(23)10-17(20)4)26(38)39-16(2)3)36(18(5)37)15-19-11-21(27(29,30)31)14-22(12-19)28(32,33)34/h6,10-14,16,24H,1,7-9,15H2,2-5H3. The maximum Gasteiger partial charge on any atom is 0.416 e. The Kier molecular flexibility index (Phi) is 8.72. The van der Waals surface area contributed by atoms with Crippen molar-refractivity contribution in [2.75, 3.05) is 11.4 Å². The number of halogens is 6. The van der Waals surface area contributed by atoms with E-state index in [0.29, 0.717) is 41.8 Å². The van der Waals surface area contributed by atoms with Crippen molar-refractivity contribution in [3.05, 3.63) is 70.3 Å². The first-order chi connectivity index (χ1) is 18.0. The van der Waals surface area contributed by atoms with Crippen LogP contribution in [-0.4, -0.2) is 29.5 Å². The van der Waals surface area contributed by atoms with Crippen LogP contribution in [0.2, 0.25) is 0 Å². The van der Waals surface area contributed by atoms with Crippen LogP contribution in [0.1, 0.15) is 73.0 Å². The number of carbonyl (C=O) groups is 2. The molecule has 0 aromatic heterocycles. The Morgan fingerprint density at radius 1 is 1.08 bits per heavy atom. The summed E-state index contributed by atoms with van der Waals surface area (Å²) >= 11 is 0. The van der Waals surface area contributed by atoms with Crippen molar-refractivity contribution < 1.29 is 40.7 Å². The van der Waals surface area contributed by atoms with E-state index in [9.17, 15) is 35.9 Å². The third kappa shape index (κ3) is 6.93. The lowest BCUT2D eigenvalue weighted by molar-refractivity contribution is -0.143. The Balaban J connectivity index is 2.15. The van der Waals surface area contributed by atoms with Crippen LogP contribution in [0.15, 0.2) is 36.9 Å². The molecule has 1 aliphatic heterocycles. The maximum atomic E-state index is 13.5. The van der Waals surface area contributed by atoms with Gasteiger partial charge in [-0.1, -0.05) is 12.7 Å². The fraction of sp³-hybridized carbons (Fsp3) is 0.429. The fourth-order valence-corrected chi connectivity index (χ4v) is 4.69. The zero-order valence-electron chi connectivity index (χ0n) is 22.0. The SMILES string of the molecule is C=Cc1cc2c(cc1C)N(C(=O)OC(C)C)CCCC2N(Cc1cc(C(F)(F)F)cc(C(F)(F)F)c1)C(C)=O. The number of alkyl halides is 6. The van der Waals surface area contributed by atoms with Crippen molar-refractivity contribution in [2.24, 2.45) is 0 Å². The first-order valence-corrected chi connectivity index (χ1v) is 12.3. The van der Waals surface area contributed by atoms with Crippen molar-refractivity contribution >= 4 is 23.8 Å². The Bertz CT molecular complexity index is 1220. The van der Waals surface area contributed by atoms with Gasteiger partial charge in [-0.3, -0.25) is 9.69 Å². The molecular weight excluding hydrogens is 526 g/mol. The van der Waals surface area contributed by atoms with Crippen LogP contribution in [0, 0.1) is 6.92 Å². The van der Waals surface area contributed by atoms with Crippen LogP contribution in [0.25, 0.3) is 6.08 Å². The molecule has 1 unspecified atom stereocenters. The summed E-state index contributed by atoms with van der Waals surface area (Å²) < 4.78 is 86.2. The van der Waals surface area contributed by atoms with E-state index in [0.717, 1.165) is 5.56 Å². The zero-order chi connectivity index (χ0) is 29.3. The van der Waals surface area contributed by atoms with Crippen molar-refractivity contribution in [3.8, 4) is 0 Å². The van der Waals surface area contributed by atoms with Crippen molar-refractivity contribution in [1.82, 2.24) is 4.90 Å². The van der Waals surface area contributed by atoms with Gasteiger partial charge < -0.3 is 9.64 Å². The van der Waals surface area contributed by atoms with Gasteiger partial charge in [0.15, 0.2) is 0 Å². The third-order valence-corrected chi connectivity index (χ3v) is 6.48. The van der Waals surface area contributed by atoms with E-state index >= 15 is 0 Å². The van der Waals surface area contributed by atoms with Gasteiger partial charge in [-0.25, -0.2) is 4.79 Å². The minimum atomic E-state index is -5.01. The van der Waals surface area contributed by atoms with E-state index in [4.69, 9.17) is 4.74 Å². The molecule has 2 aromatic rings. The molecule has 0 fully saturated rings. The number of amides is 2. The van der Waals surface area contributed by atoms with Crippen LogP contribution in [0.4, 0.5) is 36.8 Å². The van der Waals surface area contributed by atoms with E-state index in [1.54, 1.807) is 32.1 Å². The number of benzene rings is 2. The van der Waals surface area contributed by atoms with Gasteiger partial charge in [0.2, 0.25) is 5.91 Å². The summed E-state index contributed by atoms with van der Waals surface area (Å²) in [5, 5.41) is 0. The molecule has 2 amide bonds. The highest BCUT2D eigenvalue weighted by Crippen LogP contribution is 2.41. The Morgan fingerprint density at radius 2 is 1.67 bits per heavy atom. The smallest absolute Gasteiger partial charge is 0.416 e. The molecule has 2 aromatic carbocycles. The van der Waals surface area contributed by atoms with Gasteiger partial charge in [-0.05, 0) is 86.2 Å². The third-order valence-electron chi connectivity index (χ3n) is 6.48. The molecule has 0 radical (unpaired) electrons. The van der Waals surface area contributed by atoms with E-state index in [1.165, 1.54) is 16.7 Å². The minimum absolute atomic E-state index is 0.0555. The summed E-state index contributed by atoms with van der Waals surface area (Å²) in [6.45, 7) is 9.96. The lowest BCUT2D eigenvalue weighted by Gasteiger charge is -2.33. The molecule has 5 nitrogen and oxygen atoms in total. The molecule has 0 N–H and O–H groups in total. The normalized spacial score (nSPS) is 16.0. The number of carbonyl (C=O) groups excluding carboxylic acids is 2. The predicted octanol–water partition coefficient (Wildman–Crippen LogP) is 7.91. The highest BCUT2D eigenvalue weighted by molar-refractivity contribution is 5.90. The predicted molar refractivity (Wildman–Crippen MR) is 135 cm³/mol. The number of aryl methyl sites for hydroxylation is 1. The number of hydrogen-bond acceptors (Lipinski definition) is 3.